The highest BCUT2D eigenvalue weighted by Gasteiger charge is 2.25. The summed E-state index contributed by atoms with van der Waals surface area (Å²) >= 11 is 1.58. The van der Waals surface area contributed by atoms with Gasteiger partial charge in [-0.25, -0.2) is 9.78 Å². The summed E-state index contributed by atoms with van der Waals surface area (Å²) in [7, 11) is 0. The first-order valence-corrected chi connectivity index (χ1v) is 9.70. The molecule has 3 N–H and O–H groups in total. The van der Waals surface area contributed by atoms with Gasteiger partial charge in [-0.2, -0.15) is 0 Å². The lowest BCUT2D eigenvalue weighted by molar-refractivity contribution is -0.145. The molecule has 1 unspecified atom stereocenters. The smallest absolute Gasteiger partial charge is 0.349 e. The Hall–Kier alpha value is -3.58. The molecule has 7 heteroatoms. The third-order valence-corrected chi connectivity index (χ3v) is 5.38. The van der Waals surface area contributed by atoms with Gasteiger partial charge in [0, 0.05) is 16.0 Å². The van der Waals surface area contributed by atoms with Crippen LogP contribution >= 0.6 is 11.3 Å². The molecule has 0 amide bonds. The number of rotatable bonds is 6. The molecule has 0 bridgehead atoms. The Morgan fingerprint density at radius 3 is 2.59 bits per heavy atom. The first-order valence-electron chi connectivity index (χ1n) is 8.88. The number of nitrogens with zero attached hydrogens (tertiary/aromatic N) is 1. The lowest BCUT2D eigenvalue weighted by atomic mass is 10.1. The Labute approximate surface area is 171 Å². The van der Waals surface area contributed by atoms with Gasteiger partial charge in [0.15, 0.2) is 0 Å². The van der Waals surface area contributed by atoms with Crippen molar-refractivity contribution in [2.45, 2.75) is 13.0 Å². The molecule has 0 spiro atoms. The summed E-state index contributed by atoms with van der Waals surface area (Å²) in [5.74, 6) is -0.526. The molecule has 4 aromatic rings. The number of thiophene rings is 1. The van der Waals surface area contributed by atoms with Crippen molar-refractivity contribution in [2.75, 3.05) is 5.73 Å². The minimum atomic E-state index is -1.24. The molecule has 146 valence electrons. The topological polar surface area (TPSA) is 98.6 Å². The number of pyridine rings is 1. The van der Waals surface area contributed by atoms with Crippen LogP contribution in [0.15, 0.2) is 71.3 Å². The van der Waals surface area contributed by atoms with Crippen LogP contribution in [0.25, 0.3) is 21.9 Å². The second-order valence-corrected chi connectivity index (χ2v) is 7.70. The second-order valence-electron chi connectivity index (χ2n) is 6.41. The van der Waals surface area contributed by atoms with Gasteiger partial charge in [-0.1, -0.05) is 30.3 Å². The molecule has 3 aromatic heterocycles. The monoisotopic (exact) mass is 406 g/mol. The maximum atomic E-state index is 11.9. The number of ether oxygens (including phenoxy) is 1. The predicted molar refractivity (Wildman–Crippen MR) is 112 cm³/mol. The zero-order chi connectivity index (χ0) is 20.4. The second kappa shape index (κ2) is 7.81. The number of hydrogen-bond acceptors (Lipinski definition) is 6. The number of benzene rings is 1. The lowest BCUT2D eigenvalue weighted by Gasteiger charge is -2.18. The van der Waals surface area contributed by atoms with Crippen molar-refractivity contribution >= 4 is 23.0 Å². The van der Waals surface area contributed by atoms with Crippen molar-refractivity contribution < 1.29 is 19.1 Å². The Morgan fingerprint density at radius 1 is 1.17 bits per heavy atom. The van der Waals surface area contributed by atoms with Crippen LogP contribution in [-0.2, 0) is 4.79 Å². The van der Waals surface area contributed by atoms with E-state index in [0.717, 1.165) is 9.75 Å². The molecule has 0 aliphatic rings. The van der Waals surface area contributed by atoms with Crippen molar-refractivity contribution in [3.8, 4) is 27.8 Å². The number of carboxylic acids is 1. The van der Waals surface area contributed by atoms with Crippen LogP contribution in [0, 0.1) is 6.92 Å². The number of anilines is 1. The number of carbonyl (C=O) groups is 1. The van der Waals surface area contributed by atoms with E-state index in [2.05, 4.69) is 4.98 Å². The molecule has 3 heterocycles. The van der Waals surface area contributed by atoms with Gasteiger partial charge in [-0.15, -0.1) is 11.3 Å². The predicted octanol–water partition coefficient (Wildman–Crippen LogP) is 5.17. The molecule has 0 aliphatic carbocycles. The molecule has 0 fully saturated rings. The van der Waals surface area contributed by atoms with Gasteiger partial charge in [-0.05, 0) is 37.3 Å². The summed E-state index contributed by atoms with van der Waals surface area (Å²) in [5, 5.41) is 9.71. The van der Waals surface area contributed by atoms with Crippen LogP contribution in [0.3, 0.4) is 0 Å². The van der Waals surface area contributed by atoms with E-state index in [9.17, 15) is 9.90 Å². The summed E-state index contributed by atoms with van der Waals surface area (Å²) < 4.78 is 11.3. The van der Waals surface area contributed by atoms with E-state index in [1.165, 1.54) is 0 Å². The maximum absolute atomic E-state index is 11.9. The highest BCUT2D eigenvalue weighted by Crippen LogP contribution is 2.39. The number of furan rings is 1. The molecule has 4 rings (SSSR count). The van der Waals surface area contributed by atoms with Gasteiger partial charge in [0.2, 0.25) is 12.0 Å². The molecule has 0 radical (unpaired) electrons. The van der Waals surface area contributed by atoms with Crippen LogP contribution in [0.4, 0.5) is 5.69 Å². The number of nitrogen functional groups attached to an aromatic ring is 1. The van der Waals surface area contributed by atoms with Gasteiger partial charge >= 0.3 is 5.97 Å². The van der Waals surface area contributed by atoms with Crippen molar-refractivity contribution in [1.82, 2.24) is 4.98 Å². The normalized spacial score (nSPS) is 11.9. The van der Waals surface area contributed by atoms with Gasteiger partial charge in [0.25, 0.3) is 0 Å². The molecule has 1 atom stereocenters. The summed E-state index contributed by atoms with van der Waals surface area (Å²) in [6, 6.07) is 18.0. The average Bonchev–Trinajstić information content (AvgIpc) is 3.39. The number of hydrogen-bond donors (Lipinski definition) is 2. The van der Waals surface area contributed by atoms with Gasteiger partial charge in [-0.3, -0.25) is 0 Å². The molecule has 29 heavy (non-hydrogen) atoms. The summed E-state index contributed by atoms with van der Waals surface area (Å²) in [6.45, 7) is 2.01. The van der Waals surface area contributed by atoms with Crippen LogP contribution < -0.4 is 10.5 Å². The Morgan fingerprint density at radius 2 is 1.97 bits per heavy atom. The Balaban J connectivity index is 1.83. The minimum Gasteiger partial charge on any atom is -0.478 e. The molecular weight excluding hydrogens is 388 g/mol. The van der Waals surface area contributed by atoms with E-state index in [-0.39, 0.29) is 11.6 Å². The van der Waals surface area contributed by atoms with Crippen molar-refractivity contribution in [3.63, 3.8) is 0 Å². The van der Waals surface area contributed by atoms with Gasteiger partial charge < -0.3 is 20.0 Å². The SMILES string of the molecule is Cc1ccc(-c2cc(-c3ccco3)c(N)c(OC(C(=O)O)c3ccccc3)n2)s1. The van der Waals surface area contributed by atoms with Crippen LogP contribution in [0.1, 0.15) is 16.5 Å². The standard InChI is InChI=1S/C22H18N2O4S/c1-13-9-10-18(29-13)16-12-15(17-8-5-11-27-17)19(23)21(24-16)28-20(22(25)26)14-6-3-2-4-7-14/h2-12,20H,23H2,1H3,(H,25,26). The van der Waals surface area contributed by atoms with E-state index in [1.807, 2.05) is 31.2 Å². The molecule has 0 saturated heterocycles. The zero-order valence-corrected chi connectivity index (χ0v) is 16.3. The number of carboxylic acid groups (broad SMARTS) is 1. The zero-order valence-electron chi connectivity index (χ0n) is 15.5. The first kappa shape index (κ1) is 18.8. The van der Waals surface area contributed by atoms with Crippen molar-refractivity contribution in [2.24, 2.45) is 0 Å². The quantitative estimate of drug-likeness (QED) is 0.459. The van der Waals surface area contributed by atoms with Gasteiger partial charge in [0.1, 0.15) is 11.4 Å². The molecule has 1 aromatic carbocycles. The van der Waals surface area contributed by atoms with E-state index in [0.29, 0.717) is 22.6 Å². The van der Waals surface area contributed by atoms with Crippen LogP contribution in [0.2, 0.25) is 0 Å². The summed E-state index contributed by atoms with van der Waals surface area (Å²) in [4.78, 5) is 18.5. The Kier molecular flexibility index (Phi) is 5.05. The van der Waals surface area contributed by atoms with Crippen LogP contribution in [-0.4, -0.2) is 16.1 Å². The molecule has 6 nitrogen and oxygen atoms in total. The van der Waals surface area contributed by atoms with Crippen molar-refractivity contribution in [3.05, 3.63) is 77.4 Å². The first-order chi connectivity index (χ1) is 14.0. The van der Waals surface area contributed by atoms with Gasteiger partial charge in [0.05, 0.1) is 16.8 Å². The molecule has 0 aliphatic heterocycles. The van der Waals surface area contributed by atoms with Crippen LogP contribution in [0.5, 0.6) is 5.88 Å². The third kappa shape index (κ3) is 3.86. The third-order valence-electron chi connectivity index (χ3n) is 4.36. The van der Waals surface area contributed by atoms with E-state index in [4.69, 9.17) is 14.9 Å². The highest BCUT2D eigenvalue weighted by molar-refractivity contribution is 7.15. The summed E-state index contributed by atoms with van der Waals surface area (Å²) in [5.41, 5.74) is 8.27. The fraction of sp³-hybridized carbons (Fsp3) is 0.0909. The fourth-order valence-electron chi connectivity index (χ4n) is 2.96. The van der Waals surface area contributed by atoms with E-state index >= 15 is 0 Å². The average molecular weight is 406 g/mol. The number of nitrogens with two attached hydrogens (primary N) is 1. The minimum absolute atomic E-state index is 0.0520. The summed E-state index contributed by atoms with van der Waals surface area (Å²) in [6.07, 6.45) is 0.310. The van der Waals surface area contributed by atoms with E-state index < -0.39 is 12.1 Å². The highest BCUT2D eigenvalue weighted by atomic mass is 32.1. The fourth-order valence-corrected chi connectivity index (χ4v) is 3.78. The molecular formula is C22H18N2O4S. The van der Waals surface area contributed by atoms with E-state index in [1.54, 1.807) is 54.0 Å². The Bertz CT molecular complexity index is 1140. The number of aromatic nitrogens is 1. The van der Waals surface area contributed by atoms with Crippen molar-refractivity contribution in [1.29, 1.82) is 0 Å². The number of aliphatic carboxylic acids is 1. The maximum Gasteiger partial charge on any atom is 0.349 e. The molecule has 0 saturated carbocycles. The number of aryl methyl sites for hydroxylation is 1. The lowest BCUT2D eigenvalue weighted by Crippen LogP contribution is -2.19. The largest absolute Gasteiger partial charge is 0.478 e.